The lowest BCUT2D eigenvalue weighted by atomic mass is 9.90. The molecular formula is C35H43N7O2. The molecule has 230 valence electrons. The van der Waals surface area contributed by atoms with Crippen LogP contribution in [0.2, 0.25) is 0 Å². The second kappa shape index (κ2) is 14.7. The molecule has 1 aliphatic carbocycles. The molecule has 1 heterocycles. The molecule has 1 aromatic heterocycles. The van der Waals surface area contributed by atoms with Gasteiger partial charge < -0.3 is 27.1 Å². The van der Waals surface area contributed by atoms with Crippen LogP contribution in [0.25, 0.3) is 10.8 Å². The van der Waals surface area contributed by atoms with Gasteiger partial charge in [-0.3, -0.25) is 14.6 Å². The number of hydrogen-bond donors (Lipinski definition) is 5. The molecule has 9 heteroatoms. The quantitative estimate of drug-likeness (QED) is 0.0755. The van der Waals surface area contributed by atoms with Crippen molar-refractivity contribution < 1.29 is 9.59 Å². The van der Waals surface area contributed by atoms with E-state index < -0.39 is 5.41 Å². The van der Waals surface area contributed by atoms with Crippen LogP contribution in [-0.2, 0) is 28.9 Å². The third-order valence-electron chi connectivity index (χ3n) is 8.77. The van der Waals surface area contributed by atoms with Crippen molar-refractivity contribution in [2.75, 3.05) is 13.1 Å². The Hall–Kier alpha value is -4.66. The molecular weight excluding hydrogens is 550 g/mol. The second-order valence-corrected chi connectivity index (χ2v) is 11.8. The third-order valence-corrected chi connectivity index (χ3v) is 8.77. The van der Waals surface area contributed by atoms with E-state index in [-0.39, 0.29) is 29.7 Å². The number of aliphatic imine (C=N–C) groups is 1. The first-order chi connectivity index (χ1) is 21.4. The Balaban J connectivity index is 1.26. The van der Waals surface area contributed by atoms with Gasteiger partial charge in [0.15, 0.2) is 5.96 Å². The summed E-state index contributed by atoms with van der Waals surface area (Å²) in [6, 6.07) is 24.9. The molecule has 3 aromatic carbocycles. The number of aromatic amines is 1. The van der Waals surface area contributed by atoms with Gasteiger partial charge in [-0.05, 0) is 72.8 Å². The number of imidazole rings is 1. The lowest BCUT2D eigenvalue weighted by Crippen LogP contribution is -2.42. The van der Waals surface area contributed by atoms with Crippen molar-refractivity contribution in [2.45, 2.75) is 57.4 Å². The number of nitrogens with two attached hydrogens (primary N) is 2. The molecule has 7 N–H and O–H groups in total. The minimum absolute atomic E-state index is 0.0179. The highest BCUT2D eigenvalue weighted by Crippen LogP contribution is 2.58. The fraction of sp³-hybridized carbons (Fsp3) is 0.371. The largest absolute Gasteiger partial charge is 0.370 e. The van der Waals surface area contributed by atoms with Gasteiger partial charge in [-0.2, -0.15) is 0 Å². The zero-order valence-electron chi connectivity index (χ0n) is 25.2. The molecule has 0 radical (unpaired) electrons. The molecule has 4 aromatic rings. The van der Waals surface area contributed by atoms with Gasteiger partial charge >= 0.3 is 0 Å². The zero-order chi connectivity index (χ0) is 30.8. The first-order valence-corrected chi connectivity index (χ1v) is 15.5. The lowest BCUT2D eigenvalue weighted by Gasteiger charge is -2.24. The van der Waals surface area contributed by atoms with Gasteiger partial charge in [0.25, 0.3) is 0 Å². The zero-order valence-corrected chi connectivity index (χ0v) is 25.2. The fourth-order valence-electron chi connectivity index (χ4n) is 6.31. The molecule has 0 saturated heterocycles. The highest BCUT2D eigenvalue weighted by atomic mass is 16.2. The van der Waals surface area contributed by atoms with E-state index in [4.69, 9.17) is 11.5 Å². The smallest absolute Gasteiger partial charge is 0.226 e. The molecule has 9 nitrogen and oxygen atoms in total. The normalized spacial score (nSPS) is 18.0. The third kappa shape index (κ3) is 8.24. The van der Waals surface area contributed by atoms with Crippen LogP contribution in [0.15, 0.2) is 90.3 Å². The molecule has 44 heavy (non-hydrogen) atoms. The van der Waals surface area contributed by atoms with Crippen molar-refractivity contribution in [1.29, 1.82) is 0 Å². The van der Waals surface area contributed by atoms with Crippen LogP contribution in [0.3, 0.4) is 0 Å². The van der Waals surface area contributed by atoms with Crippen molar-refractivity contribution in [3.05, 3.63) is 102 Å². The van der Waals surface area contributed by atoms with Crippen molar-refractivity contribution in [2.24, 2.45) is 27.8 Å². The number of carbonyl (C=O) groups is 2. The molecule has 5 rings (SSSR count). The molecule has 0 bridgehead atoms. The molecule has 0 spiro atoms. The number of fused-ring (bicyclic) bond motifs is 1. The number of amides is 2. The number of nitrogens with zero attached hydrogens (tertiary/aromatic N) is 2. The van der Waals surface area contributed by atoms with Crippen LogP contribution < -0.4 is 22.1 Å². The Kier molecular flexibility index (Phi) is 10.3. The Morgan fingerprint density at radius 2 is 1.77 bits per heavy atom. The SMILES string of the molecule is NC(N)=NCCC[C@]1(C(=O)NCCc2ccc3ccccc3c2)C[C@H]1[C@H](CCc1ccccc1)NC(=O)CCc1cnc[nH]1. The van der Waals surface area contributed by atoms with Gasteiger partial charge in [0.2, 0.25) is 11.8 Å². The summed E-state index contributed by atoms with van der Waals surface area (Å²) in [7, 11) is 0. The number of hydrogen-bond acceptors (Lipinski definition) is 4. The predicted molar refractivity (Wildman–Crippen MR) is 175 cm³/mol. The molecule has 0 aliphatic heterocycles. The van der Waals surface area contributed by atoms with Gasteiger partial charge in [0, 0.05) is 37.4 Å². The Morgan fingerprint density at radius 1 is 0.977 bits per heavy atom. The average Bonchev–Trinajstić information content (AvgIpc) is 3.53. The van der Waals surface area contributed by atoms with E-state index in [0.717, 1.165) is 31.4 Å². The van der Waals surface area contributed by atoms with E-state index in [0.29, 0.717) is 38.8 Å². The van der Waals surface area contributed by atoms with Gasteiger partial charge in [-0.15, -0.1) is 0 Å². The number of H-pyrrole nitrogens is 1. The summed E-state index contributed by atoms with van der Waals surface area (Å²) in [4.78, 5) is 38.3. The van der Waals surface area contributed by atoms with Crippen LogP contribution in [0.5, 0.6) is 0 Å². The van der Waals surface area contributed by atoms with Crippen LogP contribution in [0, 0.1) is 11.3 Å². The first kappa shape index (κ1) is 30.8. The molecule has 2 amide bonds. The topological polar surface area (TPSA) is 151 Å². The summed E-state index contributed by atoms with van der Waals surface area (Å²) in [5.41, 5.74) is 13.9. The van der Waals surface area contributed by atoms with Crippen molar-refractivity contribution in [1.82, 2.24) is 20.6 Å². The molecule has 0 unspecified atom stereocenters. The second-order valence-electron chi connectivity index (χ2n) is 11.8. The maximum absolute atomic E-state index is 13.9. The standard InChI is InChI=1S/C35H43N7O2/c36-34(37)40-19-6-18-35(33(44)39-20-17-26-11-13-27-9-4-5-10-28(27)21-26)22-30(35)31(15-12-25-7-2-1-3-8-25)42-32(43)16-14-29-23-38-24-41-29/h1-5,7-11,13,21,23-24,30-31H,6,12,14-20,22H2,(H,38,41)(H,39,44)(H,42,43)(H4,36,37,40)/t30-,31-,35-/m0/s1. The van der Waals surface area contributed by atoms with E-state index in [1.165, 1.54) is 21.9 Å². The maximum Gasteiger partial charge on any atom is 0.226 e. The Labute approximate surface area is 258 Å². The van der Waals surface area contributed by atoms with Gasteiger partial charge in [-0.25, -0.2) is 4.98 Å². The number of aromatic nitrogens is 2. The summed E-state index contributed by atoms with van der Waals surface area (Å²) in [5, 5.41) is 8.94. The summed E-state index contributed by atoms with van der Waals surface area (Å²) in [6.07, 6.45) is 8.67. The molecule has 1 aliphatic rings. The van der Waals surface area contributed by atoms with Gasteiger partial charge in [-0.1, -0.05) is 72.8 Å². The summed E-state index contributed by atoms with van der Waals surface area (Å²) < 4.78 is 0. The van der Waals surface area contributed by atoms with E-state index in [1.54, 1.807) is 12.5 Å². The van der Waals surface area contributed by atoms with Crippen LogP contribution in [0.4, 0.5) is 0 Å². The lowest BCUT2D eigenvalue weighted by molar-refractivity contribution is -0.128. The highest BCUT2D eigenvalue weighted by Gasteiger charge is 2.61. The van der Waals surface area contributed by atoms with E-state index in [9.17, 15) is 9.59 Å². The minimum Gasteiger partial charge on any atom is -0.370 e. The highest BCUT2D eigenvalue weighted by molar-refractivity contribution is 5.87. The number of rotatable bonds is 16. The van der Waals surface area contributed by atoms with E-state index >= 15 is 0 Å². The van der Waals surface area contributed by atoms with Gasteiger partial charge in [0.1, 0.15) is 0 Å². The van der Waals surface area contributed by atoms with E-state index in [1.807, 2.05) is 30.3 Å². The Morgan fingerprint density at radius 3 is 2.55 bits per heavy atom. The number of aryl methyl sites for hydroxylation is 2. The summed E-state index contributed by atoms with van der Waals surface area (Å²) in [6.45, 7) is 1.01. The number of guanidine groups is 1. The van der Waals surface area contributed by atoms with Crippen molar-refractivity contribution >= 4 is 28.5 Å². The first-order valence-electron chi connectivity index (χ1n) is 15.5. The number of benzene rings is 3. The maximum atomic E-state index is 13.9. The van der Waals surface area contributed by atoms with Crippen molar-refractivity contribution in [3.8, 4) is 0 Å². The summed E-state index contributed by atoms with van der Waals surface area (Å²) >= 11 is 0. The number of nitrogens with one attached hydrogen (secondary N) is 3. The molecule has 1 saturated carbocycles. The Bertz CT molecular complexity index is 1550. The molecule has 3 atom stereocenters. The van der Waals surface area contributed by atoms with Crippen LogP contribution in [0.1, 0.15) is 48.9 Å². The van der Waals surface area contributed by atoms with Crippen LogP contribution >= 0.6 is 0 Å². The average molecular weight is 594 g/mol. The fourth-order valence-corrected chi connectivity index (χ4v) is 6.31. The predicted octanol–water partition coefficient (Wildman–Crippen LogP) is 4.03. The molecule has 1 fully saturated rings. The van der Waals surface area contributed by atoms with Crippen molar-refractivity contribution in [3.63, 3.8) is 0 Å². The van der Waals surface area contributed by atoms with Gasteiger partial charge in [0.05, 0.1) is 11.7 Å². The summed E-state index contributed by atoms with van der Waals surface area (Å²) in [5.74, 6) is 0.110. The van der Waals surface area contributed by atoms with E-state index in [2.05, 4.69) is 68.1 Å². The minimum atomic E-state index is -0.569. The van der Waals surface area contributed by atoms with Crippen LogP contribution in [-0.4, -0.2) is 46.9 Å². The number of carbonyl (C=O) groups excluding carboxylic acids is 2. The monoisotopic (exact) mass is 593 g/mol.